The van der Waals surface area contributed by atoms with Crippen LogP contribution in [0.3, 0.4) is 0 Å². The van der Waals surface area contributed by atoms with Gasteiger partial charge < -0.3 is 15.2 Å². The molecule has 0 saturated heterocycles. The molecule has 0 aromatic heterocycles. The van der Waals surface area contributed by atoms with Crippen molar-refractivity contribution < 1.29 is 14.2 Å². The van der Waals surface area contributed by atoms with Gasteiger partial charge in [0.25, 0.3) is 0 Å². The molecule has 0 radical (unpaired) electrons. The summed E-state index contributed by atoms with van der Waals surface area (Å²) >= 11 is 0. The molecule has 0 bridgehead atoms. The minimum absolute atomic E-state index is 0.1000. The molecule has 2 N–H and O–H groups in total. The molecule has 2 rings (SSSR count). The van der Waals surface area contributed by atoms with Gasteiger partial charge in [0.05, 0.1) is 13.2 Å². The number of aliphatic hydroxyl groups is 1. The molecule has 1 aromatic rings. The highest BCUT2D eigenvalue weighted by Gasteiger charge is 2.23. The van der Waals surface area contributed by atoms with Crippen LogP contribution in [-0.2, 0) is 0 Å². The van der Waals surface area contributed by atoms with Crippen LogP contribution in [-0.4, -0.2) is 30.4 Å². The van der Waals surface area contributed by atoms with Crippen molar-refractivity contribution in [2.75, 3.05) is 13.2 Å². The second-order valence-electron chi connectivity index (χ2n) is 4.41. The number of aliphatic hydroxyl groups excluding tert-OH is 1. The molecule has 1 saturated carbocycles. The smallest absolute Gasteiger partial charge is 0.123 e. The van der Waals surface area contributed by atoms with Crippen molar-refractivity contribution in [2.45, 2.75) is 31.3 Å². The number of ether oxygens (including phenoxy) is 1. The van der Waals surface area contributed by atoms with Crippen molar-refractivity contribution in [3.8, 4) is 5.75 Å². The van der Waals surface area contributed by atoms with E-state index in [1.165, 1.54) is 25.0 Å². The SMILES string of the molecule is OCC(CCOc1ccc(F)cc1)NC1CC1. The van der Waals surface area contributed by atoms with Crippen LogP contribution in [0.25, 0.3) is 0 Å². The van der Waals surface area contributed by atoms with Crippen molar-refractivity contribution in [3.05, 3.63) is 30.1 Å². The summed E-state index contributed by atoms with van der Waals surface area (Å²) in [5.74, 6) is 0.399. The molecule has 1 atom stereocenters. The molecule has 4 heteroatoms. The molecule has 1 fully saturated rings. The second kappa shape index (κ2) is 5.98. The number of rotatable bonds is 7. The van der Waals surface area contributed by atoms with Crippen LogP contribution in [0.4, 0.5) is 4.39 Å². The molecular formula is C13H18FNO2. The van der Waals surface area contributed by atoms with Crippen LogP contribution in [0.2, 0.25) is 0 Å². The Morgan fingerprint density at radius 1 is 1.35 bits per heavy atom. The average molecular weight is 239 g/mol. The van der Waals surface area contributed by atoms with Crippen LogP contribution in [0.1, 0.15) is 19.3 Å². The van der Waals surface area contributed by atoms with Gasteiger partial charge in [0.2, 0.25) is 0 Å². The largest absolute Gasteiger partial charge is 0.494 e. The molecular weight excluding hydrogens is 221 g/mol. The Bertz CT molecular complexity index is 338. The summed E-state index contributed by atoms with van der Waals surface area (Å²) in [5, 5.41) is 12.5. The first kappa shape index (κ1) is 12.3. The van der Waals surface area contributed by atoms with Crippen molar-refractivity contribution in [1.29, 1.82) is 0 Å². The number of halogens is 1. The zero-order valence-electron chi connectivity index (χ0n) is 9.73. The van der Waals surface area contributed by atoms with E-state index in [0.717, 1.165) is 6.42 Å². The Balaban J connectivity index is 1.68. The van der Waals surface area contributed by atoms with E-state index in [0.29, 0.717) is 18.4 Å². The average Bonchev–Trinajstić information content (AvgIpc) is 3.14. The van der Waals surface area contributed by atoms with E-state index in [1.807, 2.05) is 0 Å². The fourth-order valence-electron chi connectivity index (χ4n) is 1.66. The zero-order valence-corrected chi connectivity index (χ0v) is 9.73. The summed E-state index contributed by atoms with van der Waals surface area (Å²) < 4.78 is 18.1. The van der Waals surface area contributed by atoms with Gasteiger partial charge in [0, 0.05) is 12.1 Å². The standard InChI is InChI=1S/C13H18FNO2/c14-10-1-5-13(6-2-10)17-8-7-12(9-16)15-11-3-4-11/h1-2,5-6,11-12,15-16H,3-4,7-9H2. The predicted molar refractivity (Wildman–Crippen MR) is 63.5 cm³/mol. The van der Waals surface area contributed by atoms with Crippen molar-refractivity contribution in [1.82, 2.24) is 5.32 Å². The Labute approximate surface area is 101 Å². The van der Waals surface area contributed by atoms with Crippen LogP contribution < -0.4 is 10.1 Å². The van der Waals surface area contributed by atoms with Crippen molar-refractivity contribution in [3.63, 3.8) is 0 Å². The fraction of sp³-hybridized carbons (Fsp3) is 0.538. The summed E-state index contributed by atoms with van der Waals surface area (Å²) in [6, 6.07) is 6.65. The van der Waals surface area contributed by atoms with E-state index in [-0.39, 0.29) is 18.5 Å². The molecule has 0 spiro atoms. The van der Waals surface area contributed by atoms with E-state index in [9.17, 15) is 4.39 Å². The first-order chi connectivity index (χ1) is 8.28. The van der Waals surface area contributed by atoms with Crippen LogP contribution >= 0.6 is 0 Å². The number of hydrogen-bond donors (Lipinski definition) is 2. The number of benzene rings is 1. The second-order valence-corrected chi connectivity index (χ2v) is 4.41. The van der Waals surface area contributed by atoms with E-state index in [1.54, 1.807) is 12.1 Å². The molecule has 1 unspecified atom stereocenters. The van der Waals surface area contributed by atoms with Gasteiger partial charge in [-0.1, -0.05) is 0 Å². The van der Waals surface area contributed by atoms with Gasteiger partial charge in [-0.25, -0.2) is 4.39 Å². The lowest BCUT2D eigenvalue weighted by Crippen LogP contribution is -2.35. The van der Waals surface area contributed by atoms with E-state index < -0.39 is 0 Å². The summed E-state index contributed by atoms with van der Waals surface area (Å²) in [6.07, 6.45) is 3.16. The molecule has 0 amide bonds. The van der Waals surface area contributed by atoms with E-state index >= 15 is 0 Å². The normalized spacial score (nSPS) is 16.8. The maximum atomic E-state index is 12.6. The van der Waals surface area contributed by atoms with Gasteiger partial charge >= 0.3 is 0 Å². The fourth-order valence-corrected chi connectivity index (χ4v) is 1.66. The van der Waals surface area contributed by atoms with E-state index in [2.05, 4.69) is 5.32 Å². The minimum atomic E-state index is -0.263. The third-order valence-electron chi connectivity index (χ3n) is 2.82. The first-order valence-corrected chi connectivity index (χ1v) is 6.03. The van der Waals surface area contributed by atoms with Gasteiger partial charge in [-0.2, -0.15) is 0 Å². The lowest BCUT2D eigenvalue weighted by atomic mass is 10.2. The van der Waals surface area contributed by atoms with Gasteiger partial charge in [-0.15, -0.1) is 0 Å². The van der Waals surface area contributed by atoms with Crippen LogP contribution in [0, 0.1) is 5.82 Å². The molecule has 3 nitrogen and oxygen atoms in total. The zero-order chi connectivity index (χ0) is 12.1. The van der Waals surface area contributed by atoms with Gasteiger partial charge in [0.15, 0.2) is 0 Å². The molecule has 94 valence electrons. The molecule has 0 heterocycles. The highest BCUT2D eigenvalue weighted by molar-refractivity contribution is 5.21. The Kier molecular flexibility index (Phi) is 4.34. The number of nitrogens with one attached hydrogen (secondary N) is 1. The van der Waals surface area contributed by atoms with Gasteiger partial charge in [-0.05, 0) is 43.5 Å². The molecule has 1 aromatic carbocycles. The van der Waals surface area contributed by atoms with E-state index in [4.69, 9.17) is 9.84 Å². The maximum Gasteiger partial charge on any atom is 0.123 e. The quantitative estimate of drug-likeness (QED) is 0.761. The maximum absolute atomic E-state index is 12.6. The Hall–Kier alpha value is -1.13. The highest BCUT2D eigenvalue weighted by Crippen LogP contribution is 2.20. The Morgan fingerprint density at radius 2 is 2.06 bits per heavy atom. The van der Waals surface area contributed by atoms with Crippen molar-refractivity contribution in [2.24, 2.45) is 0 Å². The number of hydrogen-bond acceptors (Lipinski definition) is 3. The molecule has 1 aliphatic rings. The predicted octanol–water partition coefficient (Wildman–Crippen LogP) is 1.71. The topological polar surface area (TPSA) is 41.5 Å². The van der Waals surface area contributed by atoms with Crippen LogP contribution in [0.5, 0.6) is 5.75 Å². The third-order valence-corrected chi connectivity index (χ3v) is 2.82. The lowest BCUT2D eigenvalue weighted by Gasteiger charge is -2.16. The molecule has 0 aliphatic heterocycles. The van der Waals surface area contributed by atoms with Crippen LogP contribution in [0.15, 0.2) is 24.3 Å². The summed E-state index contributed by atoms with van der Waals surface area (Å²) in [7, 11) is 0. The molecule has 1 aliphatic carbocycles. The Morgan fingerprint density at radius 3 is 2.65 bits per heavy atom. The minimum Gasteiger partial charge on any atom is -0.494 e. The third kappa shape index (κ3) is 4.32. The monoisotopic (exact) mass is 239 g/mol. The summed E-state index contributed by atoms with van der Waals surface area (Å²) in [5.41, 5.74) is 0. The van der Waals surface area contributed by atoms with Gasteiger partial charge in [0.1, 0.15) is 11.6 Å². The summed E-state index contributed by atoms with van der Waals surface area (Å²) in [4.78, 5) is 0. The molecule has 17 heavy (non-hydrogen) atoms. The van der Waals surface area contributed by atoms with Crippen molar-refractivity contribution >= 4 is 0 Å². The summed E-state index contributed by atoms with van der Waals surface area (Å²) in [6.45, 7) is 0.653. The lowest BCUT2D eigenvalue weighted by molar-refractivity contribution is 0.207. The highest BCUT2D eigenvalue weighted by atomic mass is 19.1. The first-order valence-electron chi connectivity index (χ1n) is 6.03. The van der Waals surface area contributed by atoms with Gasteiger partial charge in [-0.3, -0.25) is 0 Å².